The number of amides is 3. The Kier molecular flexibility index (Phi) is 6.61. The predicted octanol–water partition coefficient (Wildman–Crippen LogP) is 5.16. The Morgan fingerprint density at radius 3 is 2.72 bits per heavy atom. The summed E-state index contributed by atoms with van der Waals surface area (Å²) in [5.41, 5.74) is 1.19. The van der Waals surface area contributed by atoms with Gasteiger partial charge in [-0.1, -0.05) is 30.3 Å². The molecular weight excluding hydrogens is 460 g/mol. The van der Waals surface area contributed by atoms with Crippen molar-refractivity contribution < 1.29 is 19.1 Å². The van der Waals surface area contributed by atoms with E-state index in [0.29, 0.717) is 45.5 Å². The van der Waals surface area contributed by atoms with Crippen LogP contribution in [0.15, 0.2) is 59.2 Å². The highest BCUT2D eigenvalue weighted by Crippen LogP contribution is 2.38. The molecule has 0 radical (unpaired) electrons. The molecule has 0 atom stereocenters. The first-order chi connectivity index (χ1) is 13.9. The number of hydrogen-bond acceptors (Lipinski definition) is 4. The van der Waals surface area contributed by atoms with Gasteiger partial charge in [-0.05, 0) is 64.8 Å². The number of benzene rings is 2. The van der Waals surface area contributed by atoms with E-state index in [9.17, 15) is 9.59 Å². The van der Waals surface area contributed by atoms with Crippen LogP contribution in [0.2, 0.25) is 5.02 Å². The summed E-state index contributed by atoms with van der Waals surface area (Å²) in [6.07, 6.45) is 3.21. The van der Waals surface area contributed by atoms with E-state index >= 15 is 0 Å². The molecule has 8 heteroatoms. The number of anilines is 1. The minimum Gasteiger partial charge on any atom is -0.490 e. The molecule has 0 aliphatic carbocycles. The van der Waals surface area contributed by atoms with Crippen molar-refractivity contribution in [2.75, 3.05) is 18.1 Å². The van der Waals surface area contributed by atoms with Crippen molar-refractivity contribution in [3.63, 3.8) is 0 Å². The fraction of sp³-hybridized carbons (Fsp3) is 0.143. The number of ether oxygens (including phenoxy) is 2. The Labute approximate surface area is 181 Å². The predicted molar refractivity (Wildman–Crippen MR) is 116 cm³/mol. The molecule has 1 N–H and O–H groups in total. The van der Waals surface area contributed by atoms with Gasteiger partial charge in [0.1, 0.15) is 12.3 Å². The Morgan fingerprint density at radius 2 is 2.03 bits per heavy atom. The van der Waals surface area contributed by atoms with Gasteiger partial charge in [-0.3, -0.25) is 4.79 Å². The van der Waals surface area contributed by atoms with Gasteiger partial charge in [0.15, 0.2) is 11.5 Å². The number of imide groups is 1. The molecule has 1 aliphatic heterocycles. The molecule has 0 aromatic heterocycles. The molecule has 1 aliphatic rings. The smallest absolute Gasteiger partial charge is 0.333 e. The first kappa shape index (κ1) is 21.0. The molecule has 3 amide bonds. The van der Waals surface area contributed by atoms with Crippen molar-refractivity contribution in [1.29, 1.82) is 0 Å². The fourth-order valence-electron chi connectivity index (χ4n) is 2.77. The van der Waals surface area contributed by atoms with E-state index in [0.717, 1.165) is 4.90 Å². The fourth-order valence-corrected chi connectivity index (χ4v) is 3.53. The van der Waals surface area contributed by atoms with E-state index in [4.69, 9.17) is 21.1 Å². The van der Waals surface area contributed by atoms with Crippen LogP contribution in [0.4, 0.5) is 10.5 Å². The first-order valence-electron chi connectivity index (χ1n) is 8.77. The number of rotatable bonds is 7. The monoisotopic (exact) mass is 476 g/mol. The average Bonchev–Trinajstić information content (AvgIpc) is 2.94. The van der Waals surface area contributed by atoms with Crippen molar-refractivity contribution in [2.24, 2.45) is 0 Å². The van der Waals surface area contributed by atoms with E-state index in [-0.39, 0.29) is 5.70 Å². The second kappa shape index (κ2) is 9.15. The summed E-state index contributed by atoms with van der Waals surface area (Å²) in [6, 6.07) is 9.50. The maximum atomic E-state index is 12.8. The van der Waals surface area contributed by atoms with Crippen molar-refractivity contribution in [3.05, 3.63) is 69.8 Å². The Bertz CT molecular complexity index is 1010. The zero-order valence-corrected chi connectivity index (χ0v) is 17.9. The lowest BCUT2D eigenvalue weighted by Gasteiger charge is -2.14. The number of nitrogens with one attached hydrogen (secondary N) is 1. The molecule has 2 aromatic rings. The van der Waals surface area contributed by atoms with Gasteiger partial charge in [0.05, 0.1) is 16.8 Å². The van der Waals surface area contributed by atoms with Gasteiger partial charge in [-0.15, -0.1) is 0 Å². The SMILES string of the molecule is C=CCOc1c(Br)cc(/C=C2/NC(=O)N(c3cccc(Cl)c3)C2=O)cc1OCC. The number of nitrogens with zero attached hydrogens (tertiary/aromatic N) is 1. The van der Waals surface area contributed by atoms with E-state index in [1.807, 2.05) is 6.92 Å². The molecule has 1 fully saturated rings. The van der Waals surface area contributed by atoms with E-state index in [1.165, 1.54) is 0 Å². The van der Waals surface area contributed by atoms with Gasteiger partial charge in [0, 0.05) is 5.02 Å². The maximum Gasteiger partial charge on any atom is 0.333 e. The molecule has 0 spiro atoms. The zero-order chi connectivity index (χ0) is 21.0. The number of carbonyl (C=O) groups is 2. The summed E-state index contributed by atoms with van der Waals surface area (Å²) in [5.74, 6) is 0.577. The third-order valence-electron chi connectivity index (χ3n) is 3.93. The quantitative estimate of drug-likeness (QED) is 0.340. The van der Waals surface area contributed by atoms with Crippen LogP contribution in [0.3, 0.4) is 0 Å². The molecule has 2 aromatic carbocycles. The van der Waals surface area contributed by atoms with Crippen LogP contribution >= 0.6 is 27.5 Å². The van der Waals surface area contributed by atoms with E-state index < -0.39 is 11.9 Å². The minimum atomic E-state index is -0.543. The molecule has 0 unspecified atom stereocenters. The lowest BCUT2D eigenvalue weighted by molar-refractivity contribution is -0.113. The molecule has 0 bridgehead atoms. The van der Waals surface area contributed by atoms with Crippen LogP contribution in [-0.4, -0.2) is 25.2 Å². The summed E-state index contributed by atoms with van der Waals surface area (Å²) in [4.78, 5) is 26.2. The van der Waals surface area contributed by atoms with E-state index in [1.54, 1.807) is 48.6 Å². The summed E-state index contributed by atoms with van der Waals surface area (Å²) in [6.45, 7) is 6.26. The number of halogens is 2. The van der Waals surface area contributed by atoms with Crippen LogP contribution in [0.25, 0.3) is 6.08 Å². The van der Waals surface area contributed by atoms with Crippen molar-refractivity contribution in [1.82, 2.24) is 5.32 Å². The normalized spacial score (nSPS) is 14.9. The summed E-state index contributed by atoms with van der Waals surface area (Å²) < 4.78 is 12.0. The molecule has 1 saturated heterocycles. The Balaban J connectivity index is 1.94. The lowest BCUT2D eigenvalue weighted by Crippen LogP contribution is -2.30. The highest BCUT2D eigenvalue weighted by molar-refractivity contribution is 9.10. The summed E-state index contributed by atoms with van der Waals surface area (Å²) in [5, 5.41) is 3.03. The van der Waals surface area contributed by atoms with Crippen molar-refractivity contribution in [2.45, 2.75) is 6.92 Å². The zero-order valence-electron chi connectivity index (χ0n) is 15.6. The van der Waals surface area contributed by atoms with Gasteiger partial charge in [0.25, 0.3) is 5.91 Å². The number of hydrogen-bond donors (Lipinski definition) is 1. The van der Waals surface area contributed by atoms with Crippen molar-refractivity contribution >= 4 is 51.2 Å². The number of urea groups is 1. The first-order valence-corrected chi connectivity index (χ1v) is 9.94. The average molecular weight is 478 g/mol. The highest BCUT2D eigenvalue weighted by Gasteiger charge is 2.35. The molecular formula is C21H18BrClN2O4. The molecule has 29 heavy (non-hydrogen) atoms. The standard InChI is InChI=1S/C21H18BrClN2O4/c1-3-8-29-19-16(22)9-13(11-18(19)28-4-2)10-17-20(26)25(21(27)24-17)15-7-5-6-14(23)12-15/h3,5-7,9-12H,1,4,8H2,2H3,(H,24,27)/b17-10+. The van der Waals surface area contributed by atoms with Crippen molar-refractivity contribution in [3.8, 4) is 11.5 Å². The maximum absolute atomic E-state index is 12.8. The molecule has 3 rings (SSSR count). The lowest BCUT2D eigenvalue weighted by atomic mass is 10.1. The second-order valence-electron chi connectivity index (χ2n) is 5.97. The van der Waals surface area contributed by atoms with Crippen LogP contribution < -0.4 is 19.7 Å². The Hall–Kier alpha value is -2.77. The second-order valence-corrected chi connectivity index (χ2v) is 7.26. The molecule has 1 heterocycles. The van der Waals surface area contributed by atoms with Gasteiger partial charge < -0.3 is 14.8 Å². The minimum absolute atomic E-state index is 0.143. The molecule has 150 valence electrons. The van der Waals surface area contributed by atoms with Crippen LogP contribution in [0.5, 0.6) is 11.5 Å². The third kappa shape index (κ3) is 4.63. The van der Waals surface area contributed by atoms with Crippen LogP contribution in [-0.2, 0) is 4.79 Å². The Morgan fingerprint density at radius 1 is 1.24 bits per heavy atom. The van der Waals surface area contributed by atoms with Crippen LogP contribution in [0, 0.1) is 0 Å². The highest BCUT2D eigenvalue weighted by atomic mass is 79.9. The largest absolute Gasteiger partial charge is 0.490 e. The molecule has 0 saturated carbocycles. The third-order valence-corrected chi connectivity index (χ3v) is 4.76. The topological polar surface area (TPSA) is 67.9 Å². The van der Waals surface area contributed by atoms with Gasteiger partial charge in [-0.2, -0.15) is 0 Å². The van der Waals surface area contributed by atoms with Crippen LogP contribution in [0.1, 0.15) is 12.5 Å². The molecule has 6 nitrogen and oxygen atoms in total. The van der Waals surface area contributed by atoms with Gasteiger partial charge in [-0.25, -0.2) is 9.69 Å². The summed E-state index contributed by atoms with van der Waals surface area (Å²) in [7, 11) is 0. The van der Waals surface area contributed by atoms with Gasteiger partial charge in [0.2, 0.25) is 0 Å². The van der Waals surface area contributed by atoms with Gasteiger partial charge >= 0.3 is 6.03 Å². The summed E-state index contributed by atoms with van der Waals surface area (Å²) >= 11 is 9.44. The van der Waals surface area contributed by atoms with E-state index in [2.05, 4.69) is 27.8 Å². The number of carbonyl (C=O) groups excluding carboxylic acids is 2.